The summed E-state index contributed by atoms with van der Waals surface area (Å²) in [6, 6.07) is 12.1. The third kappa shape index (κ3) is 7.02. The zero-order valence-electron chi connectivity index (χ0n) is 21.5. The van der Waals surface area contributed by atoms with Crippen molar-refractivity contribution in [1.29, 1.82) is 0 Å². The molecule has 3 N–H and O–H groups in total. The molecule has 2 saturated carbocycles. The second-order valence-corrected chi connectivity index (χ2v) is 10.3. The van der Waals surface area contributed by atoms with Crippen molar-refractivity contribution >= 4 is 23.5 Å². The van der Waals surface area contributed by atoms with Crippen molar-refractivity contribution < 1.29 is 36.7 Å². The fourth-order valence-corrected chi connectivity index (χ4v) is 4.94. The Morgan fingerprint density at radius 1 is 0.975 bits per heavy atom. The highest BCUT2D eigenvalue weighted by atomic mass is 19.3. The molecule has 0 saturated heterocycles. The van der Waals surface area contributed by atoms with Crippen LogP contribution in [-0.2, 0) is 32.1 Å². The number of hydrogen-bond acceptors (Lipinski definition) is 5. The van der Waals surface area contributed by atoms with Gasteiger partial charge < -0.3 is 16.0 Å². The van der Waals surface area contributed by atoms with Gasteiger partial charge in [0.2, 0.25) is 29.9 Å². The quantitative estimate of drug-likeness (QED) is 0.288. The Balaban J connectivity index is 1.48. The highest BCUT2D eigenvalue weighted by Crippen LogP contribution is 2.48. The van der Waals surface area contributed by atoms with Gasteiger partial charge in [0.25, 0.3) is 5.91 Å². The Hall–Kier alpha value is -3.83. The Morgan fingerprint density at radius 2 is 1.65 bits per heavy atom. The van der Waals surface area contributed by atoms with Crippen molar-refractivity contribution in [3.63, 3.8) is 0 Å². The zero-order valence-corrected chi connectivity index (χ0v) is 21.5. The van der Waals surface area contributed by atoms with E-state index >= 15 is 0 Å². The molecule has 3 atom stereocenters. The maximum atomic E-state index is 13.7. The lowest BCUT2D eigenvalue weighted by Gasteiger charge is -2.29. The Bertz CT molecular complexity index is 1220. The lowest BCUT2D eigenvalue weighted by molar-refractivity contribution is -0.141. The first kappa shape index (κ1) is 29.2. The van der Waals surface area contributed by atoms with Gasteiger partial charge in [-0.1, -0.05) is 36.4 Å². The number of rotatable bonds is 11. The summed E-state index contributed by atoms with van der Waals surface area (Å²) in [5.74, 6) is -9.05. The minimum absolute atomic E-state index is 0.0503. The highest BCUT2D eigenvalue weighted by molar-refractivity contribution is 6.38. The zero-order chi connectivity index (χ0) is 28.9. The standard InChI is InChI=1S/C28H30F4N4O4/c29-23(30)20-15-28(20,36-24(38)18-9-11-27(31,32)12-10-18)26(40)35-21(14-17-6-2-1-3-7-17)22(37)25(39)34-16-19-8-4-5-13-33-19/h1-8,13,18,20-21,23H,9-12,14-16H2,(H,34,39)(H,35,40)(H,36,38)/t20-,21+,28+/m0/s1. The van der Waals surface area contributed by atoms with E-state index in [2.05, 4.69) is 20.9 Å². The molecule has 1 heterocycles. The number of aromatic nitrogens is 1. The number of benzene rings is 1. The molecular formula is C28H30F4N4O4. The van der Waals surface area contributed by atoms with Gasteiger partial charge in [-0.25, -0.2) is 17.6 Å². The maximum absolute atomic E-state index is 13.7. The summed E-state index contributed by atoms with van der Waals surface area (Å²) < 4.78 is 54.5. The van der Waals surface area contributed by atoms with Gasteiger partial charge in [-0.3, -0.25) is 24.2 Å². The van der Waals surface area contributed by atoms with Gasteiger partial charge in [0.05, 0.1) is 18.2 Å². The number of amides is 3. The molecule has 2 aliphatic rings. The number of halogens is 4. The van der Waals surface area contributed by atoms with Gasteiger partial charge >= 0.3 is 0 Å². The van der Waals surface area contributed by atoms with Crippen molar-refractivity contribution in [2.45, 2.75) is 69.0 Å². The number of Topliss-reactive ketones (excluding diaryl/α,β-unsaturated/α-hetero) is 1. The summed E-state index contributed by atoms with van der Waals surface area (Å²) in [6.45, 7) is -0.0503. The van der Waals surface area contributed by atoms with Gasteiger partial charge in [-0.05, 0) is 37.0 Å². The molecular weight excluding hydrogens is 532 g/mol. The molecule has 0 bridgehead atoms. The van der Waals surface area contributed by atoms with Gasteiger partial charge in [0.1, 0.15) is 11.6 Å². The topological polar surface area (TPSA) is 117 Å². The van der Waals surface area contributed by atoms with E-state index in [0.717, 1.165) is 0 Å². The SMILES string of the molecule is O=C(NCc1ccccn1)C(=O)[C@@H](Cc1ccccc1)NC(=O)[C@@]1(NC(=O)C2CCC(F)(F)CC2)C[C@H]1C(F)F. The van der Waals surface area contributed by atoms with E-state index in [4.69, 9.17) is 0 Å². The molecule has 0 radical (unpaired) electrons. The molecule has 12 heteroatoms. The molecule has 3 amide bonds. The van der Waals surface area contributed by atoms with E-state index < -0.39 is 72.1 Å². The number of alkyl halides is 4. The second kappa shape index (κ2) is 12.1. The maximum Gasteiger partial charge on any atom is 0.289 e. The van der Waals surface area contributed by atoms with Crippen molar-refractivity contribution in [3.05, 3.63) is 66.0 Å². The average Bonchev–Trinajstić information content (AvgIpc) is 3.67. The summed E-state index contributed by atoms with van der Waals surface area (Å²) in [6.07, 6.45) is -3.22. The smallest absolute Gasteiger partial charge is 0.289 e. The van der Waals surface area contributed by atoms with Crippen LogP contribution < -0.4 is 16.0 Å². The van der Waals surface area contributed by atoms with Crippen molar-refractivity contribution in [3.8, 4) is 0 Å². The fourth-order valence-electron chi connectivity index (χ4n) is 4.94. The number of pyridine rings is 1. The van der Waals surface area contributed by atoms with Crippen LogP contribution in [0, 0.1) is 11.8 Å². The summed E-state index contributed by atoms with van der Waals surface area (Å²) in [4.78, 5) is 56.2. The van der Waals surface area contributed by atoms with Crippen LogP contribution in [0.4, 0.5) is 17.6 Å². The van der Waals surface area contributed by atoms with Gasteiger partial charge in [-0.15, -0.1) is 0 Å². The molecule has 2 aliphatic carbocycles. The molecule has 40 heavy (non-hydrogen) atoms. The summed E-state index contributed by atoms with van der Waals surface area (Å²) >= 11 is 0. The van der Waals surface area contributed by atoms with E-state index in [9.17, 15) is 36.7 Å². The first-order chi connectivity index (χ1) is 19.0. The monoisotopic (exact) mass is 562 g/mol. The van der Waals surface area contributed by atoms with E-state index in [1.165, 1.54) is 6.20 Å². The van der Waals surface area contributed by atoms with Crippen LogP contribution in [0.3, 0.4) is 0 Å². The first-order valence-electron chi connectivity index (χ1n) is 13.1. The van der Waals surface area contributed by atoms with Gasteiger partial charge in [0.15, 0.2) is 0 Å². The number of hydrogen-bond donors (Lipinski definition) is 3. The Labute approximate surface area is 228 Å². The van der Waals surface area contributed by atoms with Crippen LogP contribution in [0.1, 0.15) is 43.4 Å². The Morgan fingerprint density at radius 3 is 2.25 bits per heavy atom. The number of nitrogens with zero attached hydrogens (tertiary/aromatic N) is 1. The molecule has 2 aromatic rings. The molecule has 4 rings (SSSR count). The average molecular weight is 563 g/mol. The van der Waals surface area contributed by atoms with Gasteiger partial charge in [0, 0.05) is 31.4 Å². The summed E-state index contributed by atoms with van der Waals surface area (Å²) in [7, 11) is 0. The molecule has 0 aliphatic heterocycles. The third-order valence-electron chi connectivity index (χ3n) is 7.44. The minimum Gasteiger partial charge on any atom is -0.344 e. The molecule has 214 valence electrons. The summed E-state index contributed by atoms with van der Waals surface area (Å²) in [5.41, 5.74) is -0.918. The molecule has 0 spiro atoms. The molecule has 2 fully saturated rings. The number of carbonyl (C=O) groups is 4. The van der Waals surface area contributed by atoms with E-state index in [1.54, 1.807) is 48.5 Å². The predicted octanol–water partition coefficient (Wildman–Crippen LogP) is 2.96. The number of nitrogens with one attached hydrogen (secondary N) is 3. The van der Waals surface area contributed by atoms with Crippen molar-refractivity contribution in [2.24, 2.45) is 11.8 Å². The summed E-state index contributed by atoms with van der Waals surface area (Å²) in [5, 5.41) is 7.25. The van der Waals surface area contributed by atoms with Crippen LogP contribution in [0.15, 0.2) is 54.7 Å². The molecule has 0 unspecified atom stereocenters. The van der Waals surface area contributed by atoms with Crippen LogP contribution in [0.2, 0.25) is 0 Å². The van der Waals surface area contributed by atoms with Crippen LogP contribution in [-0.4, -0.2) is 52.4 Å². The number of carbonyl (C=O) groups excluding carboxylic acids is 4. The van der Waals surface area contributed by atoms with E-state index in [0.29, 0.717) is 11.3 Å². The first-order valence-corrected chi connectivity index (χ1v) is 13.1. The van der Waals surface area contributed by atoms with E-state index in [1.807, 2.05) is 0 Å². The lowest BCUT2D eigenvalue weighted by Crippen LogP contribution is -2.58. The van der Waals surface area contributed by atoms with Crippen molar-refractivity contribution in [1.82, 2.24) is 20.9 Å². The van der Waals surface area contributed by atoms with Crippen LogP contribution in [0.5, 0.6) is 0 Å². The minimum atomic E-state index is -2.95. The van der Waals surface area contributed by atoms with Crippen LogP contribution in [0.25, 0.3) is 0 Å². The number of ketones is 1. The third-order valence-corrected chi connectivity index (χ3v) is 7.44. The molecule has 1 aromatic carbocycles. The molecule has 8 nitrogen and oxygen atoms in total. The lowest BCUT2D eigenvalue weighted by atomic mass is 9.86. The van der Waals surface area contributed by atoms with Crippen molar-refractivity contribution in [2.75, 3.05) is 0 Å². The van der Waals surface area contributed by atoms with Gasteiger partial charge in [-0.2, -0.15) is 0 Å². The largest absolute Gasteiger partial charge is 0.344 e. The Kier molecular flexibility index (Phi) is 8.85. The highest BCUT2D eigenvalue weighted by Gasteiger charge is 2.65. The van der Waals surface area contributed by atoms with E-state index in [-0.39, 0.29) is 32.2 Å². The second-order valence-electron chi connectivity index (χ2n) is 10.3. The fraction of sp³-hybridized carbons (Fsp3) is 0.464. The normalized spacial score (nSPS) is 22.7. The molecule has 1 aromatic heterocycles. The van der Waals surface area contributed by atoms with Crippen LogP contribution >= 0.6 is 0 Å². The predicted molar refractivity (Wildman–Crippen MR) is 135 cm³/mol.